The molecule has 4 nitrogen and oxygen atoms in total. The van der Waals surface area contributed by atoms with Crippen molar-refractivity contribution in [2.75, 3.05) is 0 Å². The first kappa shape index (κ1) is 36.1. The molecular formula is C14H26FeO4. The first-order chi connectivity index (χ1) is 8.21. The fourth-order valence-electron chi connectivity index (χ4n) is 0.375. The van der Waals surface area contributed by atoms with E-state index in [1.807, 2.05) is 27.2 Å². The van der Waals surface area contributed by atoms with Crippen LogP contribution < -0.4 is 0 Å². The van der Waals surface area contributed by atoms with Gasteiger partial charge in [-0.05, 0) is 41.5 Å². The second-order valence-corrected chi connectivity index (χ2v) is 4.75. The normalized spacial score (nSPS) is 7.26. The fraction of sp³-hybridized carbons (Fsp3) is 0.571. The quantitative estimate of drug-likeness (QED) is 0.508. The van der Waals surface area contributed by atoms with E-state index < -0.39 is 0 Å². The Balaban J connectivity index is -0.0000000401. The van der Waals surface area contributed by atoms with E-state index in [0.717, 1.165) is 0 Å². The second kappa shape index (κ2) is 25.6. The minimum absolute atomic E-state index is 0. The van der Waals surface area contributed by atoms with Crippen LogP contribution >= 0.6 is 0 Å². The molecule has 0 aromatic rings. The summed E-state index contributed by atoms with van der Waals surface area (Å²) in [6.07, 6.45) is 0. The third-order valence-corrected chi connectivity index (χ3v) is 0.812. The minimum atomic E-state index is 0. The van der Waals surface area contributed by atoms with Gasteiger partial charge in [0.25, 0.3) is 0 Å². The van der Waals surface area contributed by atoms with Gasteiger partial charge >= 0.3 is 0 Å². The number of hydrogen-bond donors (Lipinski definition) is 0. The molecule has 0 fully saturated rings. The van der Waals surface area contributed by atoms with Gasteiger partial charge in [-0.25, -0.2) is 0 Å². The van der Waals surface area contributed by atoms with Gasteiger partial charge < -0.3 is 19.2 Å². The summed E-state index contributed by atoms with van der Waals surface area (Å²) in [5.74, 6) is 6.42. The van der Waals surface area contributed by atoms with Crippen LogP contribution in [0.1, 0.15) is 41.5 Å². The Labute approximate surface area is 128 Å². The molecule has 114 valence electrons. The number of carbonyl (C=O) groups excluding carboxylic acids is 4. The van der Waals surface area contributed by atoms with Crippen molar-refractivity contribution in [3.8, 4) is 11.8 Å². The van der Waals surface area contributed by atoms with Crippen LogP contribution in [0.15, 0.2) is 0 Å². The molecule has 0 saturated heterocycles. The summed E-state index contributed by atoms with van der Waals surface area (Å²) in [5, 5.41) is 0. The van der Waals surface area contributed by atoms with Crippen molar-refractivity contribution >= 4 is 27.2 Å². The molecule has 0 heterocycles. The van der Waals surface area contributed by atoms with Crippen molar-refractivity contribution in [3.63, 3.8) is 0 Å². The average Bonchev–Trinajstić information content (AvgIpc) is 2.35. The van der Waals surface area contributed by atoms with Crippen LogP contribution in [0.4, 0.5) is 0 Å². The van der Waals surface area contributed by atoms with Gasteiger partial charge in [-0.15, -0.1) is 0 Å². The Kier molecular flexibility index (Phi) is 48.5. The van der Waals surface area contributed by atoms with Crippen LogP contribution in [0.25, 0.3) is 0 Å². The summed E-state index contributed by atoms with van der Waals surface area (Å²) < 4.78 is 0. The summed E-state index contributed by atoms with van der Waals surface area (Å²) >= 11 is 0. The molecule has 5 heteroatoms. The van der Waals surface area contributed by atoms with E-state index in [0.29, 0.717) is 0 Å². The van der Waals surface area contributed by atoms with E-state index in [4.69, 9.17) is 19.2 Å². The zero-order valence-corrected chi connectivity index (χ0v) is 13.9. The SMILES string of the molecule is C=O.C=O.C=O.C=O.CC(C)(C)C#CC(C)(C)C.[Fe]. The van der Waals surface area contributed by atoms with E-state index in [-0.39, 0.29) is 27.9 Å². The summed E-state index contributed by atoms with van der Waals surface area (Å²) in [7, 11) is 0. The molecule has 0 amide bonds. The van der Waals surface area contributed by atoms with Crippen LogP contribution in [0, 0.1) is 22.7 Å². The van der Waals surface area contributed by atoms with Crippen LogP contribution in [0.5, 0.6) is 0 Å². The van der Waals surface area contributed by atoms with Crippen LogP contribution in [0.2, 0.25) is 0 Å². The molecule has 0 rings (SSSR count). The summed E-state index contributed by atoms with van der Waals surface area (Å²) in [6, 6.07) is 0. The molecule has 0 aromatic carbocycles. The molecule has 0 N–H and O–H groups in total. The molecule has 0 aliphatic carbocycles. The molecule has 19 heavy (non-hydrogen) atoms. The van der Waals surface area contributed by atoms with Crippen molar-refractivity contribution in [2.45, 2.75) is 41.5 Å². The van der Waals surface area contributed by atoms with Gasteiger partial charge in [0.05, 0.1) is 0 Å². The van der Waals surface area contributed by atoms with Crippen LogP contribution in [-0.2, 0) is 36.2 Å². The second-order valence-electron chi connectivity index (χ2n) is 4.75. The zero-order valence-electron chi connectivity index (χ0n) is 12.8. The fourth-order valence-corrected chi connectivity index (χ4v) is 0.375. The monoisotopic (exact) mass is 314 g/mol. The van der Waals surface area contributed by atoms with E-state index in [1.54, 1.807) is 0 Å². The largest absolute Gasteiger partial charge is 0.307 e. The third kappa shape index (κ3) is 110. The van der Waals surface area contributed by atoms with Gasteiger partial charge in [0.2, 0.25) is 0 Å². The Morgan fingerprint density at radius 1 is 0.526 bits per heavy atom. The first-order valence-electron chi connectivity index (χ1n) is 4.90. The summed E-state index contributed by atoms with van der Waals surface area (Å²) in [5.41, 5.74) is 0.292. The molecule has 0 spiro atoms. The Morgan fingerprint density at radius 3 is 0.684 bits per heavy atom. The molecule has 0 saturated carbocycles. The maximum Gasteiger partial charge on any atom is 0.106 e. The topological polar surface area (TPSA) is 68.3 Å². The van der Waals surface area contributed by atoms with Gasteiger partial charge in [-0.2, -0.15) is 0 Å². The van der Waals surface area contributed by atoms with Crippen molar-refractivity contribution in [1.82, 2.24) is 0 Å². The molecule has 0 aromatic heterocycles. The Morgan fingerprint density at radius 2 is 0.632 bits per heavy atom. The molecule has 0 atom stereocenters. The average molecular weight is 314 g/mol. The number of carbonyl (C=O) groups is 4. The molecule has 0 unspecified atom stereocenters. The molecule has 0 aliphatic rings. The zero-order chi connectivity index (χ0) is 16.4. The Hall–Kier alpha value is -1.24. The maximum absolute atomic E-state index is 8.00. The number of rotatable bonds is 0. The van der Waals surface area contributed by atoms with Gasteiger partial charge in [0.15, 0.2) is 0 Å². The Bertz CT molecular complexity index is 192. The van der Waals surface area contributed by atoms with Crippen molar-refractivity contribution in [2.24, 2.45) is 10.8 Å². The summed E-state index contributed by atoms with van der Waals surface area (Å²) in [6.45, 7) is 20.8. The molecule has 0 bridgehead atoms. The molecule has 0 radical (unpaired) electrons. The van der Waals surface area contributed by atoms with Gasteiger partial charge in [-0.1, -0.05) is 11.8 Å². The minimum Gasteiger partial charge on any atom is -0.307 e. The standard InChI is InChI=1S/C10H18.4CH2O.Fe/c1-9(2,3)7-8-10(4,5)6;4*1-2;/h1-6H3;4*1H2;. The smallest absolute Gasteiger partial charge is 0.106 e. The molecular weight excluding hydrogens is 288 g/mol. The third-order valence-electron chi connectivity index (χ3n) is 0.812. The van der Waals surface area contributed by atoms with E-state index >= 15 is 0 Å². The van der Waals surface area contributed by atoms with Gasteiger partial charge in [0.1, 0.15) is 27.2 Å². The number of hydrogen-bond acceptors (Lipinski definition) is 4. The van der Waals surface area contributed by atoms with Crippen molar-refractivity contribution < 1.29 is 36.2 Å². The first-order valence-corrected chi connectivity index (χ1v) is 4.90. The maximum atomic E-state index is 8.00. The predicted octanol–water partition coefficient (Wildman–Crippen LogP) is 2.34. The van der Waals surface area contributed by atoms with E-state index in [1.165, 1.54) is 0 Å². The molecule has 0 aliphatic heterocycles. The van der Waals surface area contributed by atoms with Gasteiger partial charge in [0, 0.05) is 27.9 Å². The van der Waals surface area contributed by atoms with E-state index in [9.17, 15) is 0 Å². The van der Waals surface area contributed by atoms with Crippen LogP contribution in [-0.4, -0.2) is 27.2 Å². The summed E-state index contributed by atoms with van der Waals surface area (Å²) in [4.78, 5) is 32.0. The van der Waals surface area contributed by atoms with Crippen molar-refractivity contribution in [3.05, 3.63) is 0 Å². The van der Waals surface area contributed by atoms with Gasteiger partial charge in [-0.3, -0.25) is 0 Å². The van der Waals surface area contributed by atoms with Crippen molar-refractivity contribution in [1.29, 1.82) is 0 Å². The van der Waals surface area contributed by atoms with E-state index in [2.05, 4.69) is 53.4 Å². The van der Waals surface area contributed by atoms with Crippen LogP contribution in [0.3, 0.4) is 0 Å². The predicted molar refractivity (Wildman–Crippen MR) is 75.2 cm³/mol.